The molecule has 4 nitrogen and oxygen atoms in total. The highest BCUT2D eigenvalue weighted by molar-refractivity contribution is 7.13. The number of hydrogen-bond acceptors (Lipinski definition) is 4. The van der Waals surface area contributed by atoms with Gasteiger partial charge >= 0.3 is 12.4 Å². The lowest BCUT2D eigenvalue weighted by atomic mass is 10.1. The summed E-state index contributed by atoms with van der Waals surface area (Å²) in [5.41, 5.74) is 0.0286. The topological polar surface area (TPSA) is 62.2 Å². The Morgan fingerprint density at radius 1 is 1.30 bits per heavy atom. The van der Waals surface area contributed by atoms with Crippen molar-refractivity contribution in [1.82, 2.24) is 4.98 Å². The molecule has 1 aromatic rings. The highest BCUT2D eigenvalue weighted by atomic mass is 32.1. The van der Waals surface area contributed by atoms with Crippen molar-refractivity contribution in [3.05, 3.63) is 11.1 Å². The third-order valence-electron chi connectivity index (χ3n) is 2.10. The maximum atomic E-state index is 12.3. The van der Waals surface area contributed by atoms with Gasteiger partial charge in [-0.25, -0.2) is 4.98 Å². The smallest absolute Gasteiger partial charge is 0.387 e. The number of aliphatic hydroxyl groups excluding tert-OH is 1. The monoisotopic (exact) mass is 322 g/mol. The normalized spacial score (nSPS) is 14.4. The number of aromatic nitrogens is 1. The highest BCUT2D eigenvalue weighted by Crippen LogP contribution is 2.40. The van der Waals surface area contributed by atoms with Crippen molar-refractivity contribution >= 4 is 22.4 Å². The molecule has 0 aromatic carbocycles. The van der Waals surface area contributed by atoms with Crippen LogP contribution in [0.15, 0.2) is 5.38 Å². The van der Waals surface area contributed by atoms with Gasteiger partial charge in [0.1, 0.15) is 0 Å². The first-order valence-electron chi connectivity index (χ1n) is 5.00. The van der Waals surface area contributed by atoms with E-state index in [9.17, 15) is 31.1 Å². The zero-order chi connectivity index (χ0) is 15.7. The van der Waals surface area contributed by atoms with Gasteiger partial charge in [0.25, 0.3) is 0 Å². The Morgan fingerprint density at radius 2 is 1.80 bits per heavy atom. The summed E-state index contributed by atoms with van der Waals surface area (Å²) in [5.74, 6) is -6.40. The second-order valence-corrected chi connectivity index (χ2v) is 4.62. The molecule has 0 saturated heterocycles. The van der Waals surface area contributed by atoms with E-state index in [-0.39, 0.29) is 5.69 Å². The Morgan fingerprint density at radius 3 is 2.15 bits per heavy atom. The molecule has 1 heterocycles. The van der Waals surface area contributed by atoms with E-state index in [1.165, 1.54) is 17.6 Å². The van der Waals surface area contributed by atoms with Gasteiger partial charge in [0.15, 0.2) is 5.13 Å². The number of rotatable bonds is 3. The molecule has 0 spiro atoms. The molecule has 20 heavy (non-hydrogen) atoms. The number of carbonyl (C=O) groups is 1. The number of halogens is 6. The number of nitrogens with one attached hydrogen (secondary N) is 1. The van der Waals surface area contributed by atoms with Gasteiger partial charge in [-0.15, -0.1) is 11.3 Å². The fourth-order valence-electron chi connectivity index (χ4n) is 1.20. The van der Waals surface area contributed by atoms with E-state index >= 15 is 0 Å². The summed E-state index contributed by atoms with van der Waals surface area (Å²) >= 11 is 0.607. The van der Waals surface area contributed by atoms with E-state index in [0.29, 0.717) is 11.3 Å². The molecule has 2 N–H and O–H groups in total. The molecule has 0 aliphatic rings. The molecule has 0 fully saturated rings. The Hall–Kier alpha value is -1.36. The van der Waals surface area contributed by atoms with Crippen molar-refractivity contribution in [1.29, 1.82) is 0 Å². The highest BCUT2D eigenvalue weighted by Gasteiger charge is 2.61. The van der Waals surface area contributed by atoms with Gasteiger partial charge in [0.05, 0.1) is 11.8 Å². The third-order valence-corrected chi connectivity index (χ3v) is 2.87. The molecular formula is C9H8F6N2O2S. The van der Waals surface area contributed by atoms with Gasteiger partial charge in [-0.1, -0.05) is 0 Å². The number of carbonyl (C=O) groups excluding carboxylic acids is 1. The van der Waals surface area contributed by atoms with Crippen LogP contribution in [0.3, 0.4) is 0 Å². The summed E-state index contributed by atoms with van der Waals surface area (Å²) in [6, 6.07) is 0. The van der Waals surface area contributed by atoms with Crippen molar-refractivity contribution in [2.24, 2.45) is 5.92 Å². The molecule has 1 rings (SSSR count). The predicted molar refractivity (Wildman–Crippen MR) is 57.0 cm³/mol. The molecule has 114 valence electrons. The molecule has 1 aromatic heterocycles. The number of aliphatic hydroxyl groups is 1. The summed E-state index contributed by atoms with van der Waals surface area (Å²) in [6.07, 6.45) is -12.6. The Labute approximate surface area is 112 Å². The fourth-order valence-corrected chi connectivity index (χ4v) is 2.00. The Kier molecular flexibility index (Phi) is 4.64. The van der Waals surface area contributed by atoms with Crippen molar-refractivity contribution in [3.63, 3.8) is 0 Å². The van der Waals surface area contributed by atoms with Crippen LogP contribution < -0.4 is 5.32 Å². The second kappa shape index (κ2) is 5.56. The van der Waals surface area contributed by atoms with Gasteiger partial charge in [0, 0.05) is 5.38 Å². The van der Waals surface area contributed by atoms with Crippen molar-refractivity contribution in [2.45, 2.75) is 25.4 Å². The summed E-state index contributed by atoms with van der Waals surface area (Å²) < 4.78 is 73.6. The van der Waals surface area contributed by atoms with Gasteiger partial charge < -0.3 is 10.4 Å². The minimum Gasteiger partial charge on any atom is -0.387 e. The van der Waals surface area contributed by atoms with E-state index in [1.54, 1.807) is 0 Å². The zero-order valence-electron chi connectivity index (χ0n) is 9.71. The maximum Gasteiger partial charge on any atom is 0.409 e. The molecule has 11 heteroatoms. The summed E-state index contributed by atoms with van der Waals surface area (Å²) in [7, 11) is 0. The van der Waals surface area contributed by atoms with Crippen molar-refractivity contribution in [2.75, 3.05) is 5.32 Å². The third kappa shape index (κ3) is 4.07. The standard InChI is InChI=1S/C9H8F6N2O2S/c1-3(18)4-2-20-7(16-4)17-6(19)5(8(10,11)12)9(13,14)15/h2-3,5,18H,1H3,(H,16,17,19). The summed E-state index contributed by atoms with van der Waals surface area (Å²) in [6.45, 7) is 1.30. The molecule has 0 saturated carbocycles. The van der Waals surface area contributed by atoms with E-state index in [2.05, 4.69) is 4.98 Å². The van der Waals surface area contributed by atoms with Crippen molar-refractivity contribution in [3.8, 4) is 0 Å². The SMILES string of the molecule is CC(O)c1csc(NC(=O)C(C(F)(F)F)C(F)(F)F)n1. The lowest BCUT2D eigenvalue weighted by Gasteiger charge is -2.21. The van der Waals surface area contributed by atoms with Gasteiger partial charge in [-0.05, 0) is 6.92 Å². The number of amides is 1. The van der Waals surface area contributed by atoms with Crippen LogP contribution in [0.1, 0.15) is 18.7 Å². The second-order valence-electron chi connectivity index (χ2n) is 3.76. The van der Waals surface area contributed by atoms with Crippen molar-refractivity contribution < 1.29 is 36.2 Å². The lowest BCUT2D eigenvalue weighted by molar-refractivity contribution is -0.272. The summed E-state index contributed by atoms with van der Waals surface area (Å²) in [5, 5.41) is 11.3. The molecule has 0 aliphatic carbocycles. The Bertz CT molecular complexity index is 468. The van der Waals surface area contributed by atoms with E-state index < -0.39 is 35.4 Å². The van der Waals surface area contributed by atoms with Crippen LogP contribution in [0.4, 0.5) is 31.5 Å². The number of nitrogens with zero attached hydrogens (tertiary/aromatic N) is 1. The predicted octanol–water partition coefficient (Wildman–Crippen LogP) is 2.88. The molecule has 1 unspecified atom stereocenters. The molecule has 1 atom stereocenters. The average Bonchev–Trinajstić information content (AvgIpc) is 2.60. The largest absolute Gasteiger partial charge is 0.409 e. The first kappa shape index (κ1) is 16.7. The average molecular weight is 322 g/mol. The van der Waals surface area contributed by atoms with E-state index in [1.807, 2.05) is 0 Å². The minimum atomic E-state index is -5.76. The Balaban J connectivity index is 2.92. The number of thiazole rings is 1. The van der Waals surface area contributed by atoms with Crippen LogP contribution in [0.25, 0.3) is 0 Å². The molecule has 1 amide bonds. The lowest BCUT2D eigenvalue weighted by Crippen LogP contribution is -2.45. The van der Waals surface area contributed by atoms with Crippen LogP contribution >= 0.6 is 11.3 Å². The molecule has 0 radical (unpaired) electrons. The molecule has 0 aliphatic heterocycles. The quantitative estimate of drug-likeness (QED) is 0.841. The van der Waals surface area contributed by atoms with Crippen LogP contribution in [0.2, 0.25) is 0 Å². The van der Waals surface area contributed by atoms with Crippen LogP contribution in [0.5, 0.6) is 0 Å². The first-order valence-corrected chi connectivity index (χ1v) is 5.88. The van der Waals surface area contributed by atoms with Crippen LogP contribution in [0, 0.1) is 5.92 Å². The minimum absolute atomic E-state index is 0.0286. The fraction of sp³-hybridized carbons (Fsp3) is 0.556. The van der Waals surface area contributed by atoms with Gasteiger partial charge in [0.2, 0.25) is 11.8 Å². The van der Waals surface area contributed by atoms with E-state index in [4.69, 9.17) is 5.11 Å². The zero-order valence-corrected chi connectivity index (χ0v) is 10.5. The first-order chi connectivity index (χ1) is 8.93. The molecule has 0 bridgehead atoms. The van der Waals surface area contributed by atoms with Crippen LogP contribution in [-0.4, -0.2) is 28.4 Å². The number of hydrogen-bond donors (Lipinski definition) is 2. The van der Waals surface area contributed by atoms with Gasteiger partial charge in [-0.2, -0.15) is 26.3 Å². The van der Waals surface area contributed by atoms with Gasteiger partial charge in [-0.3, -0.25) is 4.79 Å². The van der Waals surface area contributed by atoms with Crippen LogP contribution in [-0.2, 0) is 4.79 Å². The summed E-state index contributed by atoms with van der Waals surface area (Å²) in [4.78, 5) is 14.6. The maximum absolute atomic E-state index is 12.3. The number of alkyl halides is 6. The number of anilines is 1. The van der Waals surface area contributed by atoms with E-state index in [0.717, 1.165) is 0 Å². The molecular weight excluding hydrogens is 314 g/mol.